The van der Waals surface area contributed by atoms with E-state index in [4.69, 9.17) is 0 Å². The van der Waals surface area contributed by atoms with Gasteiger partial charge in [-0.2, -0.15) is 4.98 Å². The highest BCUT2D eigenvalue weighted by atomic mass is 16.1. The summed E-state index contributed by atoms with van der Waals surface area (Å²) in [6.07, 6.45) is 3.40. The number of ketones is 1. The molecule has 0 spiro atoms. The molecule has 1 saturated heterocycles. The van der Waals surface area contributed by atoms with Crippen LogP contribution in [0.5, 0.6) is 0 Å². The molecule has 0 saturated carbocycles. The Kier molecular flexibility index (Phi) is 6.14. The Morgan fingerprint density at radius 2 is 1.87 bits per heavy atom. The summed E-state index contributed by atoms with van der Waals surface area (Å²) in [4.78, 5) is 27.6. The molecule has 0 aliphatic carbocycles. The number of rotatable bonds is 7. The number of piperazine rings is 1. The summed E-state index contributed by atoms with van der Waals surface area (Å²) < 4.78 is 0. The van der Waals surface area contributed by atoms with Crippen LogP contribution >= 0.6 is 0 Å². The molecule has 3 aromatic rings. The number of pyridine rings is 1. The Bertz CT molecular complexity index is 986. The first-order valence-electron chi connectivity index (χ1n) is 10.0. The Morgan fingerprint density at radius 1 is 1.07 bits per heavy atom. The van der Waals surface area contributed by atoms with Crippen LogP contribution in [0.4, 0.5) is 23.3 Å². The van der Waals surface area contributed by atoms with E-state index in [-0.39, 0.29) is 5.78 Å². The summed E-state index contributed by atoms with van der Waals surface area (Å²) in [5.41, 5.74) is 2.66. The molecular weight excluding hydrogens is 378 g/mol. The van der Waals surface area contributed by atoms with E-state index in [9.17, 15) is 4.79 Å². The molecule has 3 heterocycles. The number of Topliss-reactive ketones (excluding diaryl/α,β-unsaturated/α-hetero) is 1. The van der Waals surface area contributed by atoms with Gasteiger partial charge in [0.2, 0.25) is 5.95 Å². The van der Waals surface area contributed by atoms with E-state index < -0.39 is 0 Å². The first kappa shape index (κ1) is 19.8. The number of nitrogens with one attached hydrogen (secondary N) is 3. The lowest BCUT2D eigenvalue weighted by atomic mass is 10.2. The van der Waals surface area contributed by atoms with Gasteiger partial charge in [-0.15, -0.1) is 0 Å². The van der Waals surface area contributed by atoms with E-state index in [0.717, 1.165) is 37.4 Å². The fraction of sp³-hybridized carbons (Fsp3) is 0.273. The highest BCUT2D eigenvalue weighted by molar-refractivity contribution is 5.98. The van der Waals surface area contributed by atoms with Crippen LogP contribution < -0.4 is 20.9 Å². The zero-order valence-electron chi connectivity index (χ0n) is 16.9. The monoisotopic (exact) mass is 403 g/mol. The van der Waals surface area contributed by atoms with Crippen LogP contribution in [0.3, 0.4) is 0 Å². The molecule has 1 fully saturated rings. The maximum atomic E-state index is 12.0. The predicted octanol–water partition coefficient (Wildman–Crippen LogP) is 2.84. The van der Waals surface area contributed by atoms with E-state index in [1.807, 2.05) is 48.7 Å². The zero-order chi connectivity index (χ0) is 20.8. The van der Waals surface area contributed by atoms with Gasteiger partial charge < -0.3 is 20.9 Å². The van der Waals surface area contributed by atoms with Crippen molar-refractivity contribution in [2.75, 3.05) is 41.7 Å². The molecule has 30 heavy (non-hydrogen) atoms. The lowest BCUT2D eigenvalue weighted by Crippen LogP contribution is -2.43. The van der Waals surface area contributed by atoms with E-state index in [0.29, 0.717) is 29.7 Å². The minimum Gasteiger partial charge on any atom is -0.368 e. The standard InChI is InChI=1S/C22H25N7O/c1-16(30)19-15-26-22(28-21(19)25-13-17-5-3-2-4-6-17)27-20-8-7-18(14-24-20)29-11-9-23-10-12-29/h2-8,14-15,23H,9-13H2,1H3,(H2,24,25,26,27,28). The van der Waals surface area contributed by atoms with Crippen LogP contribution in [0.25, 0.3) is 0 Å². The van der Waals surface area contributed by atoms with Gasteiger partial charge in [-0.05, 0) is 24.6 Å². The molecular formula is C22H25N7O. The summed E-state index contributed by atoms with van der Waals surface area (Å²) in [6, 6.07) is 13.9. The maximum Gasteiger partial charge on any atom is 0.230 e. The van der Waals surface area contributed by atoms with Crippen molar-refractivity contribution in [2.45, 2.75) is 13.5 Å². The first-order chi connectivity index (χ1) is 14.7. The van der Waals surface area contributed by atoms with Gasteiger partial charge in [0.25, 0.3) is 0 Å². The fourth-order valence-corrected chi connectivity index (χ4v) is 3.30. The van der Waals surface area contributed by atoms with Gasteiger partial charge in [0.15, 0.2) is 5.78 Å². The molecule has 2 aromatic heterocycles. The van der Waals surface area contributed by atoms with Crippen LogP contribution in [0.15, 0.2) is 54.9 Å². The van der Waals surface area contributed by atoms with Crippen molar-refractivity contribution in [3.8, 4) is 0 Å². The molecule has 1 aliphatic heterocycles. The number of hydrogen-bond acceptors (Lipinski definition) is 8. The largest absolute Gasteiger partial charge is 0.368 e. The topological polar surface area (TPSA) is 95.1 Å². The Balaban J connectivity index is 1.47. The van der Waals surface area contributed by atoms with Gasteiger partial charge in [0, 0.05) is 38.9 Å². The number of benzene rings is 1. The zero-order valence-corrected chi connectivity index (χ0v) is 16.9. The molecule has 3 N–H and O–H groups in total. The highest BCUT2D eigenvalue weighted by Crippen LogP contribution is 2.20. The molecule has 1 aliphatic rings. The van der Waals surface area contributed by atoms with Crippen molar-refractivity contribution in [3.05, 3.63) is 66.0 Å². The molecule has 0 atom stereocenters. The third-order valence-electron chi connectivity index (χ3n) is 4.94. The molecule has 154 valence electrons. The average Bonchev–Trinajstić information content (AvgIpc) is 2.79. The van der Waals surface area contributed by atoms with E-state index in [1.54, 1.807) is 6.20 Å². The number of hydrogen-bond donors (Lipinski definition) is 3. The molecule has 0 unspecified atom stereocenters. The van der Waals surface area contributed by atoms with Crippen molar-refractivity contribution in [1.82, 2.24) is 20.3 Å². The summed E-state index contributed by atoms with van der Waals surface area (Å²) >= 11 is 0. The number of nitrogens with zero attached hydrogens (tertiary/aromatic N) is 4. The summed E-state index contributed by atoms with van der Waals surface area (Å²) in [7, 11) is 0. The minimum atomic E-state index is -0.0874. The molecule has 4 rings (SSSR count). The van der Waals surface area contributed by atoms with Crippen LogP contribution in [-0.2, 0) is 6.54 Å². The van der Waals surface area contributed by atoms with E-state index >= 15 is 0 Å². The lowest BCUT2D eigenvalue weighted by Gasteiger charge is -2.29. The van der Waals surface area contributed by atoms with Crippen LogP contribution in [-0.4, -0.2) is 46.9 Å². The van der Waals surface area contributed by atoms with Crippen LogP contribution in [0.1, 0.15) is 22.8 Å². The van der Waals surface area contributed by atoms with Gasteiger partial charge >= 0.3 is 0 Å². The minimum absolute atomic E-state index is 0.0874. The predicted molar refractivity (Wildman–Crippen MR) is 118 cm³/mol. The molecule has 0 amide bonds. The molecule has 8 nitrogen and oxygen atoms in total. The number of aromatic nitrogens is 3. The molecule has 0 radical (unpaired) electrons. The van der Waals surface area contributed by atoms with Crippen molar-refractivity contribution < 1.29 is 4.79 Å². The summed E-state index contributed by atoms with van der Waals surface area (Å²) in [6.45, 7) is 5.98. The normalized spacial score (nSPS) is 13.7. The third-order valence-corrected chi connectivity index (χ3v) is 4.94. The van der Waals surface area contributed by atoms with Gasteiger partial charge in [-0.25, -0.2) is 9.97 Å². The summed E-state index contributed by atoms with van der Waals surface area (Å²) in [5.74, 6) is 1.45. The second-order valence-corrected chi connectivity index (χ2v) is 7.11. The molecule has 0 bridgehead atoms. The van der Waals surface area contributed by atoms with Gasteiger partial charge in [-0.3, -0.25) is 4.79 Å². The summed E-state index contributed by atoms with van der Waals surface area (Å²) in [5, 5.41) is 9.71. The second kappa shape index (κ2) is 9.32. The average molecular weight is 403 g/mol. The highest BCUT2D eigenvalue weighted by Gasteiger charge is 2.13. The Labute approximate surface area is 175 Å². The SMILES string of the molecule is CC(=O)c1cnc(Nc2ccc(N3CCNCC3)cn2)nc1NCc1ccccc1. The van der Waals surface area contributed by atoms with Crippen molar-refractivity contribution in [2.24, 2.45) is 0 Å². The van der Waals surface area contributed by atoms with Gasteiger partial charge in [-0.1, -0.05) is 30.3 Å². The van der Waals surface area contributed by atoms with Crippen LogP contribution in [0, 0.1) is 0 Å². The van der Waals surface area contributed by atoms with Crippen molar-refractivity contribution in [3.63, 3.8) is 0 Å². The van der Waals surface area contributed by atoms with Gasteiger partial charge in [0.1, 0.15) is 11.6 Å². The maximum absolute atomic E-state index is 12.0. The Morgan fingerprint density at radius 3 is 2.57 bits per heavy atom. The van der Waals surface area contributed by atoms with Crippen LogP contribution in [0.2, 0.25) is 0 Å². The number of carbonyl (C=O) groups is 1. The lowest BCUT2D eigenvalue weighted by molar-refractivity contribution is 0.101. The first-order valence-corrected chi connectivity index (χ1v) is 10.0. The second-order valence-electron chi connectivity index (χ2n) is 7.11. The molecule has 8 heteroatoms. The Hall–Kier alpha value is -3.52. The molecule has 1 aromatic carbocycles. The quantitative estimate of drug-likeness (QED) is 0.519. The van der Waals surface area contributed by atoms with Crippen molar-refractivity contribution in [1.29, 1.82) is 0 Å². The number of carbonyl (C=O) groups excluding carboxylic acids is 1. The fourth-order valence-electron chi connectivity index (χ4n) is 3.30. The number of anilines is 4. The van der Waals surface area contributed by atoms with E-state index in [1.165, 1.54) is 6.92 Å². The van der Waals surface area contributed by atoms with E-state index in [2.05, 4.69) is 35.8 Å². The smallest absolute Gasteiger partial charge is 0.230 e. The van der Waals surface area contributed by atoms with Crippen molar-refractivity contribution >= 4 is 29.1 Å². The van der Waals surface area contributed by atoms with Gasteiger partial charge in [0.05, 0.1) is 17.4 Å². The third kappa shape index (κ3) is 4.90.